The van der Waals surface area contributed by atoms with Gasteiger partial charge in [-0.3, -0.25) is 10.1 Å². The summed E-state index contributed by atoms with van der Waals surface area (Å²) in [5.41, 5.74) is 2.84. The minimum Gasteiger partial charge on any atom is -0.267 e. The van der Waals surface area contributed by atoms with Crippen LogP contribution in [0.3, 0.4) is 0 Å². The summed E-state index contributed by atoms with van der Waals surface area (Å²) in [6.07, 6.45) is 1.86. The van der Waals surface area contributed by atoms with Crippen LogP contribution in [0.5, 0.6) is 0 Å². The van der Waals surface area contributed by atoms with Gasteiger partial charge in [0.1, 0.15) is 10.3 Å². The number of aromatic amines is 1. The summed E-state index contributed by atoms with van der Waals surface area (Å²) in [5.74, 6) is 0. The highest BCUT2D eigenvalue weighted by Gasteiger charge is 2.08. The molecular formula is C17H11N3S. The van der Waals surface area contributed by atoms with Gasteiger partial charge in [0.15, 0.2) is 0 Å². The summed E-state index contributed by atoms with van der Waals surface area (Å²) in [4.78, 5) is 4.51. The van der Waals surface area contributed by atoms with Crippen molar-refractivity contribution in [3.8, 4) is 11.3 Å². The molecule has 0 radical (unpaired) electrons. The highest BCUT2D eigenvalue weighted by Crippen LogP contribution is 2.27. The van der Waals surface area contributed by atoms with Crippen LogP contribution in [0.1, 0.15) is 0 Å². The van der Waals surface area contributed by atoms with E-state index in [1.165, 1.54) is 0 Å². The van der Waals surface area contributed by atoms with Crippen molar-refractivity contribution in [1.82, 2.24) is 15.2 Å². The van der Waals surface area contributed by atoms with Crippen LogP contribution >= 0.6 is 12.2 Å². The quantitative estimate of drug-likeness (QED) is 0.524. The first-order chi connectivity index (χ1) is 10.3. The maximum Gasteiger partial charge on any atom is 0.127 e. The summed E-state index contributed by atoms with van der Waals surface area (Å²) in [6.45, 7) is 0. The van der Waals surface area contributed by atoms with Gasteiger partial charge in [0.25, 0.3) is 0 Å². The van der Waals surface area contributed by atoms with Gasteiger partial charge in [0, 0.05) is 27.9 Å². The second kappa shape index (κ2) is 4.75. The van der Waals surface area contributed by atoms with Gasteiger partial charge in [-0.2, -0.15) is 5.10 Å². The lowest BCUT2D eigenvalue weighted by Gasteiger charge is -2.06. The van der Waals surface area contributed by atoms with E-state index in [0.29, 0.717) is 4.64 Å². The number of hydrogen-bond donors (Lipinski definition) is 1. The topological polar surface area (TPSA) is 41.6 Å². The number of nitrogens with one attached hydrogen (secondary N) is 1. The molecule has 0 fully saturated rings. The Balaban J connectivity index is 2.04. The zero-order chi connectivity index (χ0) is 14.2. The molecule has 4 heteroatoms. The Morgan fingerprint density at radius 2 is 1.67 bits per heavy atom. The van der Waals surface area contributed by atoms with Crippen LogP contribution in [-0.2, 0) is 0 Å². The summed E-state index contributed by atoms with van der Waals surface area (Å²) in [6, 6.07) is 18.2. The molecule has 0 aliphatic carbocycles. The molecule has 2 aromatic heterocycles. The van der Waals surface area contributed by atoms with Crippen LogP contribution < -0.4 is 0 Å². The molecule has 0 atom stereocenters. The Hall–Kier alpha value is -2.59. The van der Waals surface area contributed by atoms with E-state index >= 15 is 0 Å². The first kappa shape index (κ1) is 12.2. The van der Waals surface area contributed by atoms with Gasteiger partial charge < -0.3 is 0 Å². The second-order valence-corrected chi connectivity index (χ2v) is 5.27. The zero-order valence-electron chi connectivity index (χ0n) is 11.1. The van der Waals surface area contributed by atoms with Gasteiger partial charge in [-0.15, -0.1) is 0 Å². The first-order valence-corrected chi connectivity index (χ1v) is 7.06. The smallest absolute Gasteiger partial charge is 0.127 e. The Morgan fingerprint density at radius 3 is 2.57 bits per heavy atom. The number of para-hydroxylation sites is 1. The van der Waals surface area contributed by atoms with Crippen molar-refractivity contribution in [3.63, 3.8) is 0 Å². The van der Waals surface area contributed by atoms with E-state index in [1.54, 1.807) is 0 Å². The summed E-state index contributed by atoms with van der Waals surface area (Å²) in [7, 11) is 0. The van der Waals surface area contributed by atoms with Crippen LogP contribution in [-0.4, -0.2) is 15.2 Å². The largest absolute Gasteiger partial charge is 0.267 e. The molecule has 100 valence electrons. The van der Waals surface area contributed by atoms with Gasteiger partial charge in [0.2, 0.25) is 0 Å². The van der Waals surface area contributed by atoms with Gasteiger partial charge in [-0.05, 0) is 12.1 Å². The van der Waals surface area contributed by atoms with Crippen molar-refractivity contribution < 1.29 is 0 Å². The van der Waals surface area contributed by atoms with E-state index in [9.17, 15) is 0 Å². The number of benzene rings is 2. The molecule has 0 saturated carbocycles. The molecule has 0 aliphatic heterocycles. The third-order valence-corrected chi connectivity index (χ3v) is 3.87. The molecule has 21 heavy (non-hydrogen) atoms. The molecular weight excluding hydrogens is 278 g/mol. The molecule has 0 saturated heterocycles. The van der Waals surface area contributed by atoms with E-state index in [1.807, 2.05) is 48.7 Å². The maximum absolute atomic E-state index is 5.31. The van der Waals surface area contributed by atoms with Crippen molar-refractivity contribution in [2.75, 3.05) is 0 Å². The molecule has 0 bridgehead atoms. The number of rotatable bonds is 1. The van der Waals surface area contributed by atoms with E-state index in [4.69, 9.17) is 12.2 Å². The summed E-state index contributed by atoms with van der Waals surface area (Å²) in [5, 5.41) is 10.5. The van der Waals surface area contributed by atoms with E-state index in [2.05, 4.69) is 27.3 Å². The molecule has 0 unspecified atom stereocenters. The number of pyridine rings is 1. The standard InChI is InChI=1S/C17H11N3S/c21-17-14-7-3-2-6-13(14)16(19-20-17)12-9-11-5-1-4-8-15(11)18-10-12/h1-10H,(H,20,21). The minimum atomic E-state index is 0.656. The van der Waals surface area contributed by atoms with Crippen LogP contribution in [0, 0.1) is 4.64 Å². The molecule has 3 nitrogen and oxygen atoms in total. The molecule has 0 aliphatic rings. The van der Waals surface area contributed by atoms with Crippen LogP contribution in [0.25, 0.3) is 32.9 Å². The highest BCUT2D eigenvalue weighted by molar-refractivity contribution is 7.71. The van der Waals surface area contributed by atoms with Crippen molar-refractivity contribution in [2.45, 2.75) is 0 Å². The maximum atomic E-state index is 5.31. The number of hydrogen-bond acceptors (Lipinski definition) is 3. The molecule has 2 heterocycles. The Labute approximate surface area is 126 Å². The van der Waals surface area contributed by atoms with Gasteiger partial charge in [0.05, 0.1) is 5.52 Å². The highest BCUT2D eigenvalue weighted by atomic mass is 32.1. The monoisotopic (exact) mass is 289 g/mol. The molecule has 4 rings (SSSR count). The van der Waals surface area contributed by atoms with Crippen molar-refractivity contribution >= 4 is 33.9 Å². The van der Waals surface area contributed by atoms with Crippen LogP contribution in [0.2, 0.25) is 0 Å². The fraction of sp³-hybridized carbons (Fsp3) is 0. The minimum absolute atomic E-state index is 0.656. The fourth-order valence-electron chi connectivity index (χ4n) is 2.54. The first-order valence-electron chi connectivity index (χ1n) is 6.65. The molecule has 2 aromatic carbocycles. The Bertz CT molecular complexity index is 1020. The predicted octanol–water partition coefficient (Wildman–Crippen LogP) is 4.51. The van der Waals surface area contributed by atoms with E-state index in [0.717, 1.165) is 32.9 Å². The van der Waals surface area contributed by atoms with Crippen molar-refractivity contribution in [1.29, 1.82) is 0 Å². The normalized spacial score (nSPS) is 11.0. The zero-order valence-corrected chi connectivity index (χ0v) is 11.9. The predicted molar refractivity (Wildman–Crippen MR) is 87.7 cm³/mol. The van der Waals surface area contributed by atoms with E-state index in [-0.39, 0.29) is 0 Å². The SMILES string of the molecule is S=c1[nH]nc(-c2cnc3ccccc3c2)c2ccccc12. The number of fused-ring (bicyclic) bond motifs is 2. The van der Waals surface area contributed by atoms with Crippen LogP contribution in [0.15, 0.2) is 60.8 Å². The number of nitrogens with zero attached hydrogens (tertiary/aromatic N) is 2. The van der Waals surface area contributed by atoms with Crippen molar-refractivity contribution in [3.05, 3.63) is 65.4 Å². The molecule has 1 N–H and O–H groups in total. The lowest BCUT2D eigenvalue weighted by Crippen LogP contribution is -1.92. The lowest BCUT2D eigenvalue weighted by molar-refractivity contribution is 1.04. The lowest BCUT2D eigenvalue weighted by atomic mass is 10.1. The molecule has 0 spiro atoms. The van der Waals surface area contributed by atoms with Gasteiger partial charge in [-0.25, -0.2) is 0 Å². The summed E-state index contributed by atoms with van der Waals surface area (Å²) >= 11 is 5.31. The fourth-order valence-corrected chi connectivity index (χ4v) is 2.76. The number of aromatic nitrogens is 3. The van der Waals surface area contributed by atoms with Crippen LogP contribution in [0.4, 0.5) is 0 Å². The van der Waals surface area contributed by atoms with Gasteiger partial charge >= 0.3 is 0 Å². The van der Waals surface area contributed by atoms with Crippen molar-refractivity contribution in [2.24, 2.45) is 0 Å². The van der Waals surface area contributed by atoms with E-state index < -0.39 is 0 Å². The third-order valence-electron chi connectivity index (χ3n) is 3.56. The average Bonchev–Trinajstić information content (AvgIpc) is 2.55. The summed E-state index contributed by atoms with van der Waals surface area (Å²) < 4.78 is 0.656. The molecule has 4 aromatic rings. The third kappa shape index (κ3) is 2.00. The molecule has 0 amide bonds. The second-order valence-electron chi connectivity index (χ2n) is 4.86. The van der Waals surface area contributed by atoms with Gasteiger partial charge in [-0.1, -0.05) is 54.7 Å². The Kier molecular flexibility index (Phi) is 2.75. The Morgan fingerprint density at radius 1 is 0.905 bits per heavy atom. The average molecular weight is 289 g/mol. The number of H-pyrrole nitrogens is 1.